The summed E-state index contributed by atoms with van der Waals surface area (Å²) in [5.41, 5.74) is 1.85. The van der Waals surface area contributed by atoms with Crippen LogP contribution in [0.3, 0.4) is 0 Å². The molecule has 1 heterocycles. The Morgan fingerprint density at radius 3 is 2.42 bits per heavy atom. The van der Waals surface area contributed by atoms with Crippen LogP contribution in [0.2, 0.25) is 10.3 Å². The predicted molar refractivity (Wildman–Crippen MR) is 75.8 cm³/mol. The van der Waals surface area contributed by atoms with Crippen molar-refractivity contribution in [3.8, 4) is 5.75 Å². The lowest BCUT2D eigenvalue weighted by Gasteiger charge is -2.08. The highest BCUT2D eigenvalue weighted by Gasteiger charge is 2.04. The van der Waals surface area contributed by atoms with Crippen molar-refractivity contribution in [2.45, 2.75) is 13.0 Å². The van der Waals surface area contributed by atoms with Crippen LogP contribution >= 0.6 is 23.2 Å². The highest BCUT2D eigenvalue weighted by atomic mass is 35.5. The normalized spacial score (nSPS) is 10.5. The van der Waals surface area contributed by atoms with Crippen molar-refractivity contribution >= 4 is 23.2 Å². The molecule has 19 heavy (non-hydrogen) atoms. The number of aromatic nitrogens is 1. The van der Waals surface area contributed by atoms with Gasteiger partial charge in [-0.05, 0) is 36.2 Å². The Kier molecular flexibility index (Phi) is 5.02. The Balaban J connectivity index is 1.98. The summed E-state index contributed by atoms with van der Waals surface area (Å²) in [4.78, 5) is 3.95. The monoisotopic (exact) mass is 297 g/mol. The van der Waals surface area contributed by atoms with Crippen molar-refractivity contribution in [2.24, 2.45) is 0 Å². The maximum atomic E-state index is 8.83. The molecule has 0 atom stereocenters. The highest BCUT2D eigenvalue weighted by molar-refractivity contribution is 6.32. The van der Waals surface area contributed by atoms with Crippen molar-refractivity contribution in [1.29, 1.82) is 0 Å². The molecule has 5 heteroatoms. The SMILES string of the molecule is OCCc1ccc(OCc2ccc(Cl)nc2Cl)cc1. The van der Waals surface area contributed by atoms with E-state index >= 15 is 0 Å². The third-order valence-electron chi connectivity index (χ3n) is 2.61. The van der Waals surface area contributed by atoms with Gasteiger partial charge in [0.1, 0.15) is 22.7 Å². The van der Waals surface area contributed by atoms with Crippen LogP contribution in [0.5, 0.6) is 5.75 Å². The molecule has 2 rings (SSSR count). The number of nitrogens with zero attached hydrogens (tertiary/aromatic N) is 1. The first-order valence-corrected chi connectivity index (χ1v) is 6.58. The standard InChI is InChI=1S/C14H13Cl2NO2/c15-13-6-3-11(14(16)17-13)9-19-12-4-1-10(2-5-12)7-8-18/h1-6,18H,7-9H2. The number of rotatable bonds is 5. The van der Waals surface area contributed by atoms with E-state index in [1.165, 1.54) is 0 Å². The Morgan fingerprint density at radius 2 is 1.79 bits per heavy atom. The molecule has 100 valence electrons. The number of aliphatic hydroxyl groups excluding tert-OH is 1. The zero-order chi connectivity index (χ0) is 13.7. The van der Waals surface area contributed by atoms with E-state index in [0.29, 0.717) is 23.3 Å². The molecule has 0 saturated heterocycles. The van der Waals surface area contributed by atoms with Crippen LogP contribution < -0.4 is 4.74 Å². The molecule has 1 aromatic carbocycles. The number of hydrogen-bond acceptors (Lipinski definition) is 3. The summed E-state index contributed by atoms with van der Waals surface area (Å²) in [6.07, 6.45) is 0.646. The number of hydrogen-bond donors (Lipinski definition) is 1. The van der Waals surface area contributed by atoms with Crippen molar-refractivity contribution in [1.82, 2.24) is 4.98 Å². The van der Waals surface area contributed by atoms with Gasteiger partial charge in [0.05, 0.1) is 0 Å². The Bertz CT molecular complexity index is 544. The molecule has 0 bridgehead atoms. The molecule has 3 nitrogen and oxygen atoms in total. The van der Waals surface area contributed by atoms with Crippen molar-refractivity contribution < 1.29 is 9.84 Å². The number of benzene rings is 1. The van der Waals surface area contributed by atoms with Crippen LogP contribution in [-0.2, 0) is 13.0 Å². The second kappa shape index (κ2) is 6.75. The van der Waals surface area contributed by atoms with E-state index in [-0.39, 0.29) is 6.61 Å². The summed E-state index contributed by atoms with van der Waals surface area (Å²) in [6, 6.07) is 11.0. The molecule has 0 saturated carbocycles. The Labute approximate surface area is 121 Å². The minimum Gasteiger partial charge on any atom is -0.489 e. The first kappa shape index (κ1) is 14.1. The summed E-state index contributed by atoms with van der Waals surface area (Å²) in [7, 11) is 0. The third kappa shape index (κ3) is 4.10. The molecule has 0 aliphatic rings. The highest BCUT2D eigenvalue weighted by Crippen LogP contribution is 2.19. The van der Waals surface area contributed by atoms with Gasteiger partial charge in [0, 0.05) is 12.2 Å². The molecule has 0 aliphatic heterocycles. The van der Waals surface area contributed by atoms with Gasteiger partial charge >= 0.3 is 0 Å². The van der Waals surface area contributed by atoms with E-state index in [9.17, 15) is 0 Å². The van der Waals surface area contributed by atoms with Crippen molar-refractivity contribution in [2.75, 3.05) is 6.61 Å². The van der Waals surface area contributed by atoms with Gasteiger partial charge in [0.15, 0.2) is 0 Å². The molecule has 1 aromatic heterocycles. The van der Waals surface area contributed by atoms with Crippen molar-refractivity contribution in [3.05, 3.63) is 57.8 Å². The summed E-state index contributed by atoms with van der Waals surface area (Å²) in [6.45, 7) is 0.481. The van der Waals surface area contributed by atoms with Gasteiger partial charge < -0.3 is 9.84 Å². The molecular weight excluding hydrogens is 285 g/mol. The third-order valence-corrected chi connectivity index (χ3v) is 3.15. The lowest BCUT2D eigenvalue weighted by atomic mass is 10.1. The van der Waals surface area contributed by atoms with Gasteiger partial charge in [-0.25, -0.2) is 4.98 Å². The van der Waals surface area contributed by atoms with Gasteiger partial charge in [0.2, 0.25) is 0 Å². The van der Waals surface area contributed by atoms with E-state index < -0.39 is 0 Å². The second-order valence-electron chi connectivity index (χ2n) is 3.99. The maximum Gasteiger partial charge on any atom is 0.137 e. The number of pyridine rings is 1. The Hall–Kier alpha value is -1.29. The molecule has 0 aliphatic carbocycles. The predicted octanol–water partition coefficient (Wildman–Crippen LogP) is 3.50. The molecule has 0 radical (unpaired) electrons. The maximum absolute atomic E-state index is 8.83. The first-order chi connectivity index (χ1) is 9.19. The van der Waals surface area contributed by atoms with E-state index in [1.807, 2.05) is 24.3 Å². The smallest absolute Gasteiger partial charge is 0.137 e. The Morgan fingerprint density at radius 1 is 1.05 bits per heavy atom. The van der Waals surface area contributed by atoms with Crippen LogP contribution in [-0.4, -0.2) is 16.7 Å². The van der Waals surface area contributed by atoms with Gasteiger partial charge in [-0.15, -0.1) is 0 Å². The van der Waals surface area contributed by atoms with Crippen LogP contribution in [0.4, 0.5) is 0 Å². The first-order valence-electron chi connectivity index (χ1n) is 5.82. The average molecular weight is 298 g/mol. The molecule has 2 aromatic rings. The van der Waals surface area contributed by atoms with Crippen LogP contribution in [0.1, 0.15) is 11.1 Å². The van der Waals surface area contributed by atoms with Crippen LogP contribution in [0, 0.1) is 0 Å². The average Bonchev–Trinajstić information content (AvgIpc) is 2.40. The van der Waals surface area contributed by atoms with E-state index in [0.717, 1.165) is 16.9 Å². The number of ether oxygens (including phenoxy) is 1. The zero-order valence-electron chi connectivity index (χ0n) is 10.1. The zero-order valence-corrected chi connectivity index (χ0v) is 11.7. The summed E-state index contributed by atoms with van der Waals surface area (Å²) < 4.78 is 5.62. The fraction of sp³-hybridized carbons (Fsp3) is 0.214. The van der Waals surface area contributed by atoms with E-state index in [2.05, 4.69) is 4.98 Å². The van der Waals surface area contributed by atoms with E-state index in [1.54, 1.807) is 12.1 Å². The van der Waals surface area contributed by atoms with Gasteiger partial charge in [-0.1, -0.05) is 35.3 Å². The number of halogens is 2. The lowest BCUT2D eigenvalue weighted by Crippen LogP contribution is -1.98. The molecule has 0 amide bonds. The fourth-order valence-corrected chi connectivity index (χ4v) is 1.99. The summed E-state index contributed by atoms with van der Waals surface area (Å²) in [5.74, 6) is 0.743. The summed E-state index contributed by atoms with van der Waals surface area (Å²) in [5, 5.41) is 9.54. The second-order valence-corrected chi connectivity index (χ2v) is 4.74. The topological polar surface area (TPSA) is 42.4 Å². The molecule has 0 fully saturated rings. The molecule has 0 spiro atoms. The minimum absolute atomic E-state index is 0.145. The number of aliphatic hydroxyl groups is 1. The fourth-order valence-electron chi connectivity index (χ4n) is 1.59. The molecule has 1 N–H and O–H groups in total. The largest absolute Gasteiger partial charge is 0.489 e. The quantitative estimate of drug-likeness (QED) is 0.859. The van der Waals surface area contributed by atoms with Crippen LogP contribution in [0.15, 0.2) is 36.4 Å². The van der Waals surface area contributed by atoms with Crippen molar-refractivity contribution in [3.63, 3.8) is 0 Å². The minimum atomic E-state index is 0.145. The molecular formula is C14H13Cl2NO2. The van der Waals surface area contributed by atoms with E-state index in [4.69, 9.17) is 33.0 Å². The summed E-state index contributed by atoms with van der Waals surface area (Å²) >= 11 is 11.7. The lowest BCUT2D eigenvalue weighted by molar-refractivity contribution is 0.298. The van der Waals surface area contributed by atoms with Gasteiger partial charge in [-0.3, -0.25) is 0 Å². The molecule has 0 unspecified atom stereocenters. The van der Waals surface area contributed by atoms with Gasteiger partial charge in [-0.2, -0.15) is 0 Å². The van der Waals surface area contributed by atoms with Gasteiger partial charge in [0.25, 0.3) is 0 Å². The van der Waals surface area contributed by atoms with Crippen LogP contribution in [0.25, 0.3) is 0 Å².